The van der Waals surface area contributed by atoms with Crippen LogP contribution in [0.5, 0.6) is 0 Å². The van der Waals surface area contributed by atoms with Gasteiger partial charge in [0.25, 0.3) is 0 Å². The van der Waals surface area contributed by atoms with Crippen LogP contribution < -0.4 is 5.32 Å². The molecule has 19 heavy (non-hydrogen) atoms. The van der Waals surface area contributed by atoms with Gasteiger partial charge in [0.05, 0.1) is 12.7 Å². The van der Waals surface area contributed by atoms with Gasteiger partial charge in [-0.05, 0) is 31.7 Å². The quantitative estimate of drug-likeness (QED) is 0.801. The fourth-order valence-corrected chi connectivity index (χ4v) is 3.61. The van der Waals surface area contributed by atoms with Crippen LogP contribution >= 0.6 is 0 Å². The summed E-state index contributed by atoms with van der Waals surface area (Å²) in [5.74, 6) is 0.740. The highest BCUT2D eigenvalue weighted by atomic mass is 16.5. The van der Waals surface area contributed by atoms with Crippen LogP contribution in [0.15, 0.2) is 0 Å². The molecule has 0 spiro atoms. The van der Waals surface area contributed by atoms with Crippen LogP contribution in [0.1, 0.15) is 52.9 Å². The largest absolute Gasteiger partial charge is 0.375 e. The Balaban J connectivity index is 1.88. The maximum Gasteiger partial charge on any atom is 0.0731 e. The van der Waals surface area contributed by atoms with Gasteiger partial charge >= 0.3 is 0 Å². The molecule has 1 heterocycles. The molecule has 0 aromatic heterocycles. The lowest BCUT2D eigenvalue weighted by molar-refractivity contribution is -0.102. The van der Waals surface area contributed by atoms with Crippen LogP contribution in [-0.2, 0) is 4.74 Å². The molecule has 3 nitrogen and oxygen atoms in total. The van der Waals surface area contributed by atoms with E-state index < -0.39 is 0 Å². The van der Waals surface area contributed by atoms with Gasteiger partial charge in [0.2, 0.25) is 0 Å². The fraction of sp³-hybridized carbons (Fsp3) is 1.00. The molecular weight excluding hydrogens is 236 g/mol. The van der Waals surface area contributed by atoms with Crippen molar-refractivity contribution in [1.29, 1.82) is 0 Å². The first-order valence-electron chi connectivity index (χ1n) is 8.30. The first-order chi connectivity index (χ1) is 9.22. The Morgan fingerprint density at radius 1 is 1.21 bits per heavy atom. The molecule has 1 saturated heterocycles. The van der Waals surface area contributed by atoms with Gasteiger partial charge in [-0.2, -0.15) is 0 Å². The van der Waals surface area contributed by atoms with Crippen molar-refractivity contribution in [3.8, 4) is 0 Å². The first-order valence-corrected chi connectivity index (χ1v) is 8.30. The van der Waals surface area contributed by atoms with Crippen LogP contribution in [0, 0.1) is 5.92 Å². The number of nitrogens with zero attached hydrogens (tertiary/aromatic N) is 1. The molecule has 1 aliphatic heterocycles. The van der Waals surface area contributed by atoms with Crippen molar-refractivity contribution in [3.63, 3.8) is 0 Å². The minimum atomic E-state index is 0.515. The van der Waals surface area contributed by atoms with Gasteiger partial charge in [-0.25, -0.2) is 0 Å². The molecule has 3 unspecified atom stereocenters. The molecule has 1 aliphatic carbocycles. The predicted molar refractivity (Wildman–Crippen MR) is 80.5 cm³/mol. The summed E-state index contributed by atoms with van der Waals surface area (Å²) in [4.78, 5) is 2.75. The SMILES string of the molecule is CCC(CNCC(C)C)N1CCOC2CCCCC21. The van der Waals surface area contributed by atoms with E-state index in [0.717, 1.165) is 32.2 Å². The molecule has 0 aromatic carbocycles. The fourth-order valence-electron chi connectivity index (χ4n) is 3.61. The van der Waals surface area contributed by atoms with Crippen LogP contribution in [0.3, 0.4) is 0 Å². The highest BCUT2D eigenvalue weighted by Crippen LogP contribution is 2.30. The van der Waals surface area contributed by atoms with Gasteiger partial charge in [-0.1, -0.05) is 33.6 Å². The van der Waals surface area contributed by atoms with E-state index in [1.165, 1.54) is 32.1 Å². The normalized spacial score (nSPS) is 30.3. The Morgan fingerprint density at radius 3 is 2.74 bits per heavy atom. The Kier molecular flexibility index (Phi) is 6.11. The molecular formula is C16H32N2O. The van der Waals surface area contributed by atoms with Crippen LogP contribution in [0.25, 0.3) is 0 Å². The third-order valence-corrected chi connectivity index (χ3v) is 4.65. The molecule has 0 bridgehead atoms. The summed E-state index contributed by atoms with van der Waals surface area (Å²) < 4.78 is 5.99. The van der Waals surface area contributed by atoms with E-state index in [1.807, 2.05) is 0 Å². The predicted octanol–water partition coefficient (Wildman–Crippen LogP) is 2.65. The van der Waals surface area contributed by atoms with Crippen LogP contribution in [-0.4, -0.2) is 49.3 Å². The number of hydrogen-bond acceptors (Lipinski definition) is 3. The van der Waals surface area contributed by atoms with Crippen molar-refractivity contribution in [2.45, 2.75) is 71.1 Å². The molecule has 0 amide bonds. The summed E-state index contributed by atoms with van der Waals surface area (Å²) in [5.41, 5.74) is 0. The summed E-state index contributed by atoms with van der Waals surface area (Å²) >= 11 is 0. The van der Waals surface area contributed by atoms with E-state index in [0.29, 0.717) is 18.2 Å². The van der Waals surface area contributed by atoms with E-state index in [-0.39, 0.29) is 0 Å². The van der Waals surface area contributed by atoms with E-state index in [9.17, 15) is 0 Å². The summed E-state index contributed by atoms with van der Waals surface area (Å²) in [6, 6.07) is 1.38. The molecule has 2 rings (SSSR count). The van der Waals surface area contributed by atoms with E-state index in [4.69, 9.17) is 4.74 Å². The summed E-state index contributed by atoms with van der Waals surface area (Å²) in [7, 11) is 0. The Hall–Kier alpha value is -0.120. The van der Waals surface area contributed by atoms with Gasteiger partial charge in [0.1, 0.15) is 0 Å². The standard InChI is InChI=1S/C16H32N2O/c1-4-14(12-17-11-13(2)3)18-9-10-19-16-8-6-5-7-15(16)18/h13-17H,4-12H2,1-3H3. The lowest BCUT2D eigenvalue weighted by Gasteiger charge is -2.47. The zero-order valence-electron chi connectivity index (χ0n) is 13.0. The molecule has 1 saturated carbocycles. The van der Waals surface area contributed by atoms with Gasteiger partial charge in [0, 0.05) is 25.2 Å². The summed E-state index contributed by atoms with van der Waals surface area (Å²) in [5, 5.41) is 3.65. The molecule has 0 aromatic rings. The zero-order valence-corrected chi connectivity index (χ0v) is 13.0. The Labute approximate surface area is 119 Å². The van der Waals surface area contributed by atoms with Crippen molar-refractivity contribution >= 4 is 0 Å². The number of rotatable bonds is 6. The van der Waals surface area contributed by atoms with E-state index in [1.54, 1.807) is 0 Å². The van der Waals surface area contributed by atoms with Gasteiger partial charge in [-0.3, -0.25) is 4.90 Å². The number of morpholine rings is 1. The number of ether oxygens (including phenoxy) is 1. The smallest absolute Gasteiger partial charge is 0.0731 e. The second kappa shape index (κ2) is 7.61. The number of nitrogens with one attached hydrogen (secondary N) is 1. The molecule has 2 fully saturated rings. The van der Waals surface area contributed by atoms with Crippen LogP contribution in [0.4, 0.5) is 0 Å². The highest BCUT2D eigenvalue weighted by Gasteiger charge is 2.36. The molecule has 112 valence electrons. The second-order valence-electron chi connectivity index (χ2n) is 6.61. The lowest BCUT2D eigenvalue weighted by atomic mass is 9.89. The van der Waals surface area contributed by atoms with E-state index >= 15 is 0 Å². The summed E-state index contributed by atoms with van der Waals surface area (Å²) in [6.45, 7) is 11.2. The molecule has 3 heteroatoms. The highest BCUT2D eigenvalue weighted by molar-refractivity contribution is 4.91. The van der Waals surface area contributed by atoms with Gasteiger partial charge < -0.3 is 10.1 Å². The van der Waals surface area contributed by atoms with Crippen molar-refractivity contribution in [1.82, 2.24) is 10.2 Å². The zero-order chi connectivity index (χ0) is 13.7. The minimum absolute atomic E-state index is 0.515. The average molecular weight is 268 g/mol. The molecule has 1 N–H and O–H groups in total. The topological polar surface area (TPSA) is 24.5 Å². The van der Waals surface area contributed by atoms with Crippen molar-refractivity contribution in [2.24, 2.45) is 5.92 Å². The first kappa shape index (κ1) is 15.3. The lowest BCUT2D eigenvalue weighted by Crippen LogP contribution is -2.58. The third-order valence-electron chi connectivity index (χ3n) is 4.65. The minimum Gasteiger partial charge on any atom is -0.375 e. The van der Waals surface area contributed by atoms with Crippen LogP contribution in [0.2, 0.25) is 0 Å². The van der Waals surface area contributed by atoms with Crippen molar-refractivity contribution in [2.75, 3.05) is 26.2 Å². The van der Waals surface area contributed by atoms with Gasteiger partial charge in [0.15, 0.2) is 0 Å². The average Bonchev–Trinajstić information content (AvgIpc) is 2.43. The second-order valence-corrected chi connectivity index (χ2v) is 6.61. The van der Waals surface area contributed by atoms with Gasteiger partial charge in [-0.15, -0.1) is 0 Å². The molecule has 3 atom stereocenters. The Bertz CT molecular complexity index is 255. The molecule has 0 radical (unpaired) electrons. The Morgan fingerprint density at radius 2 is 2.00 bits per heavy atom. The van der Waals surface area contributed by atoms with Crippen molar-refractivity contribution in [3.05, 3.63) is 0 Å². The molecule has 2 aliphatic rings. The summed E-state index contributed by atoms with van der Waals surface area (Å²) in [6.07, 6.45) is 7.12. The number of hydrogen-bond donors (Lipinski definition) is 1. The maximum absolute atomic E-state index is 5.99. The van der Waals surface area contributed by atoms with Crippen molar-refractivity contribution < 1.29 is 4.74 Å². The maximum atomic E-state index is 5.99. The monoisotopic (exact) mass is 268 g/mol. The number of fused-ring (bicyclic) bond motifs is 1. The third kappa shape index (κ3) is 4.17. The van der Waals surface area contributed by atoms with E-state index in [2.05, 4.69) is 31.0 Å².